The highest BCUT2D eigenvalue weighted by molar-refractivity contribution is 5.93. The van der Waals surface area contributed by atoms with Crippen LogP contribution in [-0.2, 0) is 35.0 Å². The number of carbonyl (C=O) groups is 2. The van der Waals surface area contributed by atoms with Crippen LogP contribution >= 0.6 is 0 Å². The van der Waals surface area contributed by atoms with Crippen molar-refractivity contribution in [3.8, 4) is 0 Å². The van der Waals surface area contributed by atoms with E-state index in [9.17, 15) is 35.9 Å². The second-order valence-corrected chi connectivity index (χ2v) is 16.3. The molecule has 2 saturated carbocycles. The predicted molar refractivity (Wildman–Crippen MR) is 225 cm³/mol. The van der Waals surface area contributed by atoms with E-state index in [2.05, 4.69) is 16.0 Å². The van der Waals surface area contributed by atoms with Crippen molar-refractivity contribution >= 4 is 34.6 Å². The van der Waals surface area contributed by atoms with Crippen molar-refractivity contribution in [3.63, 3.8) is 0 Å². The molecule has 59 heavy (non-hydrogen) atoms. The Morgan fingerprint density at radius 1 is 0.593 bits per heavy atom. The van der Waals surface area contributed by atoms with Gasteiger partial charge in [-0.2, -0.15) is 26.3 Å². The third kappa shape index (κ3) is 13.2. The van der Waals surface area contributed by atoms with Crippen LogP contribution in [0.1, 0.15) is 109 Å². The van der Waals surface area contributed by atoms with Gasteiger partial charge in [0.2, 0.25) is 11.8 Å². The number of alkyl halides is 6. The van der Waals surface area contributed by atoms with Crippen LogP contribution in [0.5, 0.6) is 0 Å². The molecule has 2 amide bonds. The van der Waals surface area contributed by atoms with Gasteiger partial charge in [-0.3, -0.25) is 9.59 Å². The number of nitrogens with one attached hydrogen (secondary N) is 3. The molecule has 0 heterocycles. The molecule has 0 atom stereocenters. The standard InChI is InChI=1S/C24H29F3N2O.C23H27F3N2O/c1-16-12-21(29(3)15-19-8-10-20(11-9-19)24(25,26)27)13-17(2)23(16)28-22(30)14-18-6-4-5-7-18;1-15-11-20(27-14-18-7-9-19(10-8-18)23(24,25)26)12-16(2)22(15)28-21(29)13-17-5-3-4-6-17/h8-13,18H,4-7,14-15H2,1-3H3,(H,28,30);7-12,17,27H,3-6,13-14H2,1-2H3,(H,28,29). The van der Waals surface area contributed by atoms with Gasteiger partial charge in [-0.25, -0.2) is 0 Å². The Balaban J connectivity index is 0.000000224. The SMILES string of the molecule is Cc1cc(N(C)Cc2ccc(C(F)(F)F)cc2)cc(C)c1NC(=O)CC1CCCC1.Cc1cc(NCc2ccc(C(F)(F)F)cc2)cc(C)c1NC(=O)CC1CCCC1. The highest BCUT2D eigenvalue weighted by Crippen LogP contribution is 2.34. The van der Waals surface area contributed by atoms with Crippen LogP contribution in [0.4, 0.5) is 49.1 Å². The first-order valence-corrected chi connectivity index (χ1v) is 20.4. The number of hydrogen-bond acceptors (Lipinski definition) is 4. The van der Waals surface area contributed by atoms with Crippen LogP contribution in [0.3, 0.4) is 0 Å². The number of nitrogens with zero attached hydrogens (tertiary/aromatic N) is 1. The predicted octanol–water partition coefficient (Wildman–Crippen LogP) is 12.9. The minimum atomic E-state index is -4.32. The summed E-state index contributed by atoms with van der Waals surface area (Å²) in [6, 6.07) is 18.3. The van der Waals surface area contributed by atoms with Gasteiger partial charge in [-0.05, 0) is 147 Å². The van der Waals surface area contributed by atoms with Crippen LogP contribution in [-0.4, -0.2) is 18.9 Å². The minimum Gasteiger partial charge on any atom is -0.381 e. The molecular formula is C47H56F6N4O2. The van der Waals surface area contributed by atoms with Gasteiger partial charge in [-0.15, -0.1) is 0 Å². The van der Waals surface area contributed by atoms with E-state index < -0.39 is 23.5 Å². The monoisotopic (exact) mass is 822 g/mol. The molecule has 2 fully saturated rings. The van der Waals surface area contributed by atoms with Crippen molar-refractivity contribution in [1.82, 2.24) is 0 Å². The van der Waals surface area contributed by atoms with Crippen LogP contribution in [0.25, 0.3) is 0 Å². The number of hydrogen-bond donors (Lipinski definition) is 3. The van der Waals surface area contributed by atoms with Crippen molar-refractivity contribution in [1.29, 1.82) is 0 Å². The molecule has 0 aliphatic heterocycles. The van der Waals surface area contributed by atoms with Crippen molar-refractivity contribution in [3.05, 3.63) is 117 Å². The van der Waals surface area contributed by atoms with Gasteiger partial charge in [0.05, 0.1) is 11.1 Å². The molecule has 0 spiro atoms. The number of aryl methyl sites for hydroxylation is 4. The molecule has 12 heteroatoms. The summed E-state index contributed by atoms with van der Waals surface area (Å²) in [5, 5.41) is 9.38. The summed E-state index contributed by atoms with van der Waals surface area (Å²) in [5.74, 6) is 1.13. The fourth-order valence-electron chi connectivity index (χ4n) is 8.14. The first-order valence-electron chi connectivity index (χ1n) is 20.4. The van der Waals surface area contributed by atoms with E-state index in [-0.39, 0.29) is 11.8 Å². The molecule has 4 aromatic rings. The average Bonchev–Trinajstić information content (AvgIpc) is 3.88. The van der Waals surface area contributed by atoms with E-state index in [4.69, 9.17) is 0 Å². The van der Waals surface area contributed by atoms with Crippen molar-refractivity contribution in [2.75, 3.05) is 27.9 Å². The number of carbonyl (C=O) groups excluding carboxylic acids is 2. The zero-order valence-corrected chi connectivity index (χ0v) is 34.6. The third-order valence-corrected chi connectivity index (χ3v) is 11.4. The maximum absolute atomic E-state index is 12.7. The van der Waals surface area contributed by atoms with E-state index in [1.165, 1.54) is 49.9 Å². The smallest absolute Gasteiger partial charge is 0.381 e. The van der Waals surface area contributed by atoms with Gasteiger partial charge < -0.3 is 20.9 Å². The van der Waals surface area contributed by atoms with Crippen LogP contribution in [0, 0.1) is 39.5 Å². The molecule has 2 aliphatic rings. The second kappa shape index (κ2) is 19.8. The molecule has 0 unspecified atom stereocenters. The van der Waals surface area contributed by atoms with Gasteiger partial charge >= 0.3 is 12.4 Å². The number of rotatable bonds is 12. The Labute approximate surface area is 344 Å². The zero-order chi connectivity index (χ0) is 42.9. The second-order valence-electron chi connectivity index (χ2n) is 16.3. The quantitative estimate of drug-likeness (QED) is 0.124. The fourth-order valence-corrected chi connectivity index (χ4v) is 8.14. The number of benzene rings is 4. The average molecular weight is 823 g/mol. The topological polar surface area (TPSA) is 73.5 Å². The van der Waals surface area contributed by atoms with E-state index in [0.717, 1.165) is 106 Å². The number of anilines is 4. The Morgan fingerprint density at radius 3 is 1.36 bits per heavy atom. The highest BCUT2D eigenvalue weighted by Gasteiger charge is 2.31. The molecule has 0 bridgehead atoms. The normalized spacial score (nSPS) is 14.8. The Morgan fingerprint density at radius 2 is 0.966 bits per heavy atom. The third-order valence-electron chi connectivity index (χ3n) is 11.4. The lowest BCUT2D eigenvalue weighted by molar-refractivity contribution is -0.138. The van der Waals surface area contributed by atoms with Gasteiger partial charge in [0.1, 0.15) is 0 Å². The van der Waals surface area contributed by atoms with Crippen molar-refractivity contribution in [2.24, 2.45) is 11.8 Å². The molecule has 0 aromatic heterocycles. The Kier molecular flexibility index (Phi) is 15.2. The molecule has 6 rings (SSSR count). The lowest BCUT2D eigenvalue weighted by Crippen LogP contribution is -2.19. The molecule has 0 saturated heterocycles. The lowest BCUT2D eigenvalue weighted by atomic mass is 10.0. The van der Waals surface area contributed by atoms with E-state index >= 15 is 0 Å². The maximum atomic E-state index is 12.7. The molecule has 318 valence electrons. The molecule has 4 aromatic carbocycles. The maximum Gasteiger partial charge on any atom is 0.416 e. The Hall–Kier alpha value is -5.00. The Bertz CT molecular complexity index is 1990. The first kappa shape index (κ1) is 45.1. The summed E-state index contributed by atoms with van der Waals surface area (Å²) in [7, 11) is 1.91. The fraction of sp³-hybridized carbons (Fsp3) is 0.447. The lowest BCUT2D eigenvalue weighted by Gasteiger charge is -2.23. The van der Waals surface area contributed by atoms with Gasteiger partial charge in [0.15, 0.2) is 0 Å². The van der Waals surface area contributed by atoms with E-state index in [0.29, 0.717) is 37.8 Å². The molecule has 6 nitrogen and oxygen atoms in total. The number of halogens is 6. The van der Waals surface area contributed by atoms with Crippen molar-refractivity contribution in [2.45, 2.75) is 117 Å². The summed E-state index contributed by atoms with van der Waals surface area (Å²) >= 11 is 0. The number of amides is 2. The van der Waals surface area contributed by atoms with Crippen molar-refractivity contribution < 1.29 is 35.9 Å². The van der Waals surface area contributed by atoms with Gasteiger partial charge in [0.25, 0.3) is 0 Å². The summed E-state index contributed by atoms with van der Waals surface area (Å²) in [4.78, 5) is 26.8. The summed E-state index contributed by atoms with van der Waals surface area (Å²) in [6.07, 6.45) is 1.93. The summed E-state index contributed by atoms with van der Waals surface area (Å²) in [6.45, 7) is 8.74. The molecule has 3 N–H and O–H groups in total. The van der Waals surface area contributed by atoms with Gasteiger partial charge in [0, 0.05) is 55.7 Å². The van der Waals surface area contributed by atoms with Crippen LogP contribution in [0.2, 0.25) is 0 Å². The van der Waals surface area contributed by atoms with Crippen LogP contribution < -0.4 is 20.9 Å². The van der Waals surface area contributed by atoms with Gasteiger partial charge in [-0.1, -0.05) is 49.9 Å². The van der Waals surface area contributed by atoms with E-state index in [1.807, 2.05) is 63.9 Å². The largest absolute Gasteiger partial charge is 0.416 e. The molecule has 0 radical (unpaired) electrons. The highest BCUT2D eigenvalue weighted by atomic mass is 19.4. The van der Waals surface area contributed by atoms with Crippen LogP contribution in [0.15, 0.2) is 72.8 Å². The molecule has 2 aliphatic carbocycles. The summed E-state index contributed by atoms with van der Waals surface area (Å²) in [5.41, 5.74) is 7.67. The van der Waals surface area contributed by atoms with E-state index in [1.54, 1.807) is 0 Å². The summed E-state index contributed by atoms with van der Waals surface area (Å²) < 4.78 is 76.2. The minimum absolute atomic E-state index is 0.0635. The molecular weight excluding hydrogens is 767 g/mol. The zero-order valence-electron chi connectivity index (χ0n) is 34.6. The first-order chi connectivity index (χ1) is 27.8.